The summed E-state index contributed by atoms with van der Waals surface area (Å²) in [7, 11) is -5.34. The van der Waals surface area contributed by atoms with E-state index in [9.17, 15) is 26.0 Å². The second kappa shape index (κ2) is 14.7. The molecule has 158 valence electrons. The van der Waals surface area contributed by atoms with Crippen LogP contribution in [0.1, 0.15) is 71.1 Å². The van der Waals surface area contributed by atoms with Gasteiger partial charge in [-0.05, 0) is 6.42 Å². The van der Waals surface area contributed by atoms with E-state index in [4.69, 9.17) is 9.29 Å². The molecule has 0 aliphatic heterocycles. The van der Waals surface area contributed by atoms with Crippen molar-refractivity contribution < 1.29 is 35.3 Å². The highest BCUT2D eigenvalue weighted by Crippen LogP contribution is 2.27. The second-order valence-electron chi connectivity index (χ2n) is 6.08. The van der Waals surface area contributed by atoms with Crippen LogP contribution >= 0.6 is 0 Å². The minimum Gasteiger partial charge on any atom is -0.488 e. The van der Waals surface area contributed by atoms with Gasteiger partial charge in [-0.2, -0.15) is 12.8 Å². The number of allylic oxidation sites excluding steroid dienone is 2. The minimum absolute atomic E-state index is 0.118. The Labute approximate surface area is 158 Å². The first-order valence-corrected chi connectivity index (χ1v) is 10.5. The van der Waals surface area contributed by atoms with Crippen LogP contribution in [0.15, 0.2) is 35.0 Å². The monoisotopic (exact) mass is 416 g/mol. The maximum atomic E-state index is 13.7. The third-order valence-corrected chi connectivity index (χ3v) is 4.68. The molecule has 0 radical (unpaired) electrons. The van der Waals surface area contributed by atoms with E-state index in [1.807, 2.05) is 0 Å². The Kier molecular flexibility index (Phi) is 13.9. The summed E-state index contributed by atoms with van der Waals surface area (Å²) in [5.41, 5.74) is 0. The van der Waals surface area contributed by atoms with Crippen LogP contribution in [-0.2, 0) is 14.9 Å². The van der Waals surface area contributed by atoms with Crippen molar-refractivity contribution >= 4 is 10.1 Å². The predicted molar refractivity (Wildman–Crippen MR) is 97.0 cm³/mol. The third-order valence-electron chi connectivity index (χ3n) is 3.86. The predicted octanol–water partition coefficient (Wildman–Crippen LogP) is 6.58. The molecule has 0 amide bonds. The second-order valence-corrected chi connectivity index (χ2v) is 7.47. The van der Waals surface area contributed by atoms with Crippen LogP contribution in [0.4, 0.5) is 17.6 Å². The quantitative estimate of drug-likeness (QED) is 0.108. The van der Waals surface area contributed by atoms with Crippen LogP contribution in [-0.4, -0.2) is 19.6 Å². The lowest BCUT2D eigenvalue weighted by Crippen LogP contribution is -2.05. The lowest BCUT2D eigenvalue weighted by molar-refractivity contribution is 0.194. The van der Waals surface area contributed by atoms with Crippen molar-refractivity contribution in [2.45, 2.75) is 71.1 Å². The summed E-state index contributed by atoms with van der Waals surface area (Å²) < 4.78 is 87.2. The Morgan fingerprint density at radius 3 is 1.74 bits per heavy atom. The number of ether oxygens (including phenoxy) is 1. The van der Waals surface area contributed by atoms with Crippen LogP contribution in [0.2, 0.25) is 0 Å². The molecule has 0 heterocycles. The highest BCUT2D eigenvalue weighted by atomic mass is 32.2. The SMILES string of the molecule is CCCCCCCCCCCCOC(=C\F)/C(F)=C(F)\C(=C\F)S(=O)(=O)O. The van der Waals surface area contributed by atoms with Gasteiger partial charge in [0.2, 0.25) is 5.83 Å². The summed E-state index contributed by atoms with van der Waals surface area (Å²) >= 11 is 0. The van der Waals surface area contributed by atoms with Crippen LogP contribution in [0.5, 0.6) is 0 Å². The fourth-order valence-corrected chi connectivity index (χ4v) is 2.78. The molecule has 0 aliphatic carbocycles. The van der Waals surface area contributed by atoms with E-state index in [-0.39, 0.29) is 6.61 Å². The van der Waals surface area contributed by atoms with Gasteiger partial charge in [-0.1, -0.05) is 64.7 Å². The Bertz CT molecular complexity index is 613. The minimum atomic E-state index is -5.34. The number of unbranched alkanes of at least 4 members (excludes halogenated alkanes) is 9. The smallest absolute Gasteiger partial charge is 0.299 e. The van der Waals surface area contributed by atoms with Crippen molar-refractivity contribution in [2.24, 2.45) is 0 Å². The van der Waals surface area contributed by atoms with E-state index < -0.39 is 45.1 Å². The van der Waals surface area contributed by atoms with Gasteiger partial charge in [0.15, 0.2) is 16.5 Å². The Morgan fingerprint density at radius 2 is 1.33 bits per heavy atom. The van der Waals surface area contributed by atoms with Crippen LogP contribution < -0.4 is 0 Å². The molecular formula is C18H28F4O4S. The summed E-state index contributed by atoms with van der Waals surface area (Å²) in [4.78, 5) is -1.94. The topological polar surface area (TPSA) is 63.6 Å². The molecule has 0 aliphatic rings. The highest BCUT2D eigenvalue weighted by Gasteiger charge is 2.26. The van der Waals surface area contributed by atoms with Gasteiger partial charge in [-0.15, -0.1) is 0 Å². The standard InChI is InChI=1S/C18H28F4O4S/c1-2-3-4-5-6-7-8-9-10-11-12-26-15(13-19)17(21)18(22)16(14-20)27(23,24)25/h13-14H,2-12H2,1H3,(H,23,24,25)/b15-13-,16-14-,18-17-. The van der Waals surface area contributed by atoms with E-state index in [1.54, 1.807) is 0 Å². The molecule has 0 bridgehead atoms. The molecule has 1 N–H and O–H groups in total. The largest absolute Gasteiger partial charge is 0.488 e. The van der Waals surface area contributed by atoms with Crippen molar-refractivity contribution in [3.8, 4) is 0 Å². The molecule has 0 unspecified atom stereocenters. The molecule has 4 nitrogen and oxygen atoms in total. The summed E-state index contributed by atoms with van der Waals surface area (Å²) in [6.07, 6.45) is 9.18. The van der Waals surface area contributed by atoms with Crippen molar-refractivity contribution in [3.63, 3.8) is 0 Å². The molecule has 0 aromatic carbocycles. The van der Waals surface area contributed by atoms with Gasteiger partial charge >= 0.3 is 0 Å². The molecule has 0 aromatic rings. The van der Waals surface area contributed by atoms with E-state index in [1.165, 1.54) is 32.1 Å². The van der Waals surface area contributed by atoms with Crippen LogP contribution in [0.25, 0.3) is 0 Å². The molecule has 0 fully saturated rings. The summed E-state index contributed by atoms with van der Waals surface area (Å²) in [6, 6.07) is 0. The lowest BCUT2D eigenvalue weighted by Gasteiger charge is -2.09. The number of hydrogen-bond donors (Lipinski definition) is 1. The fraction of sp³-hybridized carbons (Fsp3) is 0.667. The number of hydrogen-bond acceptors (Lipinski definition) is 3. The first-order chi connectivity index (χ1) is 12.8. The summed E-state index contributed by atoms with van der Waals surface area (Å²) in [5.74, 6) is -5.52. The molecule has 0 rings (SSSR count). The van der Waals surface area contributed by atoms with Crippen molar-refractivity contribution in [2.75, 3.05) is 6.61 Å². The highest BCUT2D eigenvalue weighted by molar-refractivity contribution is 7.90. The van der Waals surface area contributed by atoms with E-state index in [0.29, 0.717) is 6.42 Å². The lowest BCUT2D eigenvalue weighted by atomic mass is 10.1. The average molecular weight is 416 g/mol. The Balaban J connectivity index is 4.24. The van der Waals surface area contributed by atoms with Gasteiger partial charge in [0.25, 0.3) is 10.1 Å². The molecule has 9 heteroatoms. The summed E-state index contributed by atoms with van der Waals surface area (Å²) in [6.45, 7) is 2.04. The molecule has 0 atom stereocenters. The molecule has 0 aromatic heterocycles. The molecule has 0 saturated carbocycles. The first kappa shape index (κ1) is 25.6. The van der Waals surface area contributed by atoms with Crippen LogP contribution in [0, 0.1) is 0 Å². The Hall–Kier alpha value is -1.35. The van der Waals surface area contributed by atoms with Crippen LogP contribution in [0.3, 0.4) is 0 Å². The van der Waals surface area contributed by atoms with Crippen molar-refractivity contribution in [1.29, 1.82) is 0 Å². The fourth-order valence-electron chi connectivity index (χ4n) is 2.35. The molecule has 27 heavy (non-hydrogen) atoms. The molecular weight excluding hydrogens is 388 g/mol. The summed E-state index contributed by atoms with van der Waals surface area (Å²) in [5, 5.41) is 0. The Morgan fingerprint density at radius 1 is 0.852 bits per heavy atom. The first-order valence-electron chi connectivity index (χ1n) is 9.06. The van der Waals surface area contributed by atoms with E-state index in [0.717, 1.165) is 25.7 Å². The van der Waals surface area contributed by atoms with Gasteiger partial charge in [0.1, 0.15) is 12.7 Å². The number of rotatable bonds is 15. The molecule has 0 saturated heterocycles. The van der Waals surface area contributed by atoms with E-state index in [2.05, 4.69) is 6.92 Å². The maximum Gasteiger partial charge on any atom is 0.299 e. The van der Waals surface area contributed by atoms with Gasteiger partial charge in [0.05, 0.1) is 6.61 Å². The zero-order valence-electron chi connectivity index (χ0n) is 15.5. The zero-order chi connectivity index (χ0) is 20.7. The third kappa shape index (κ3) is 11.2. The van der Waals surface area contributed by atoms with Crippen molar-refractivity contribution in [1.82, 2.24) is 0 Å². The maximum absolute atomic E-state index is 13.7. The van der Waals surface area contributed by atoms with Gasteiger partial charge in [-0.25, -0.2) is 13.2 Å². The van der Waals surface area contributed by atoms with Crippen molar-refractivity contribution in [3.05, 3.63) is 35.0 Å². The van der Waals surface area contributed by atoms with Gasteiger partial charge in [-0.3, -0.25) is 4.55 Å². The van der Waals surface area contributed by atoms with Gasteiger partial charge < -0.3 is 4.74 Å². The zero-order valence-corrected chi connectivity index (χ0v) is 16.3. The molecule has 0 spiro atoms. The average Bonchev–Trinajstić information content (AvgIpc) is 2.61. The normalized spacial score (nSPS) is 14.3. The van der Waals surface area contributed by atoms with Gasteiger partial charge in [0, 0.05) is 0 Å². The van der Waals surface area contributed by atoms with E-state index >= 15 is 0 Å². The number of halogens is 4.